The molecule has 1 saturated carbocycles. The number of hydrogen-bond acceptors (Lipinski definition) is 2. The smallest absolute Gasteiger partial charge is 0.0702 e. The van der Waals surface area contributed by atoms with E-state index < -0.39 is 0 Å². The quantitative estimate of drug-likeness (QED) is 0.805. The molecule has 0 amide bonds. The van der Waals surface area contributed by atoms with Gasteiger partial charge in [0, 0.05) is 17.6 Å². The number of pyridine rings is 1. The van der Waals surface area contributed by atoms with E-state index in [-0.39, 0.29) is 6.04 Å². The van der Waals surface area contributed by atoms with Crippen molar-refractivity contribution in [3.63, 3.8) is 0 Å². The Hall–Kier alpha value is -1.41. The Morgan fingerprint density at radius 2 is 2.13 bits per heavy atom. The lowest BCUT2D eigenvalue weighted by molar-refractivity contribution is 0.634. The molecule has 1 heterocycles. The number of hydrogen-bond donors (Lipinski definition) is 1. The summed E-state index contributed by atoms with van der Waals surface area (Å²) < 4.78 is 0. The molecular formula is C13H14N2. The Balaban J connectivity index is 2.05. The van der Waals surface area contributed by atoms with Gasteiger partial charge >= 0.3 is 0 Å². The van der Waals surface area contributed by atoms with E-state index in [9.17, 15) is 0 Å². The Bertz CT molecular complexity index is 489. The Morgan fingerprint density at radius 3 is 2.93 bits per heavy atom. The van der Waals surface area contributed by atoms with Crippen LogP contribution < -0.4 is 5.73 Å². The Morgan fingerprint density at radius 1 is 1.27 bits per heavy atom. The normalized spacial score (nSPS) is 17.9. The second kappa shape index (κ2) is 3.31. The molecule has 76 valence electrons. The van der Waals surface area contributed by atoms with Crippen LogP contribution in [0, 0.1) is 5.92 Å². The first-order valence-electron chi connectivity index (χ1n) is 5.45. The first-order valence-corrected chi connectivity index (χ1v) is 5.45. The van der Waals surface area contributed by atoms with Gasteiger partial charge in [-0.05, 0) is 42.5 Å². The third-order valence-corrected chi connectivity index (χ3v) is 3.14. The van der Waals surface area contributed by atoms with Gasteiger partial charge in [0.25, 0.3) is 0 Å². The topological polar surface area (TPSA) is 38.9 Å². The fourth-order valence-corrected chi connectivity index (χ4v) is 2.03. The zero-order valence-corrected chi connectivity index (χ0v) is 8.56. The summed E-state index contributed by atoms with van der Waals surface area (Å²) in [6.45, 7) is 0. The van der Waals surface area contributed by atoms with Crippen LogP contribution in [0.2, 0.25) is 0 Å². The van der Waals surface area contributed by atoms with Crippen LogP contribution in [-0.4, -0.2) is 4.98 Å². The Kier molecular flexibility index (Phi) is 1.96. The van der Waals surface area contributed by atoms with E-state index in [1.165, 1.54) is 23.8 Å². The fourth-order valence-electron chi connectivity index (χ4n) is 2.03. The first-order chi connectivity index (χ1) is 7.34. The molecule has 1 aliphatic rings. The summed E-state index contributed by atoms with van der Waals surface area (Å²) >= 11 is 0. The molecule has 0 aliphatic heterocycles. The highest BCUT2D eigenvalue weighted by molar-refractivity contribution is 5.79. The van der Waals surface area contributed by atoms with E-state index in [4.69, 9.17) is 5.73 Å². The SMILES string of the molecule is N[C@@H](c1ccc2ncccc2c1)C1CC1. The predicted molar refractivity (Wildman–Crippen MR) is 61.4 cm³/mol. The molecule has 1 aromatic carbocycles. The standard InChI is InChI=1S/C13H14N2/c14-13(9-3-4-9)11-5-6-12-10(8-11)2-1-7-15-12/h1-2,5-9,13H,3-4,14H2/t13-/m1/s1. The summed E-state index contributed by atoms with van der Waals surface area (Å²) in [5.74, 6) is 0.708. The monoisotopic (exact) mass is 198 g/mol. The van der Waals surface area contributed by atoms with E-state index in [1.54, 1.807) is 0 Å². The average Bonchev–Trinajstić information content (AvgIpc) is 3.11. The van der Waals surface area contributed by atoms with Crippen molar-refractivity contribution >= 4 is 10.9 Å². The lowest BCUT2D eigenvalue weighted by atomic mass is 10.0. The van der Waals surface area contributed by atoms with Crippen LogP contribution in [0.15, 0.2) is 36.5 Å². The minimum absolute atomic E-state index is 0.217. The molecule has 2 aromatic rings. The molecule has 1 atom stereocenters. The highest BCUT2D eigenvalue weighted by Crippen LogP contribution is 2.39. The average molecular weight is 198 g/mol. The molecule has 2 N–H and O–H groups in total. The molecule has 0 spiro atoms. The minimum atomic E-state index is 0.217. The van der Waals surface area contributed by atoms with Crippen molar-refractivity contribution in [2.24, 2.45) is 11.7 Å². The number of nitrogens with two attached hydrogens (primary N) is 1. The van der Waals surface area contributed by atoms with Crippen LogP contribution in [0.4, 0.5) is 0 Å². The van der Waals surface area contributed by atoms with E-state index in [0.29, 0.717) is 5.92 Å². The van der Waals surface area contributed by atoms with Crippen LogP contribution in [0.5, 0.6) is 0 Å². The summed E-state index contributed by atoms with van der Waals surface area (Å²) in [5.41, 5.74) is 8.46. The maximum atomic E-state index is 6.17. The molecule has 0 bridgehead atoms. The van der Waals surface area contributed by atoms with Crippen molar-refractivity contribution in [1.82, 2.24) is 4.98 Å². The van der Waals surface area contributed by atoms with Crippen LogP contribution >= 0.6 is 0 Å². The van der Waals surface area contributed by atoms with Gasteiger partial charge in [0.15, 0.2) is 0 Å². The molecule has 15 heavy (non-hydrogen) atoms. The first kappa shape index (κ1) is 8.86. The molecule has 1 aliphatic carbocycles. The van der Waals surface area contributed by atoms with Gasteiger partial charge in [-0.15, -0.1) is 0 Å². The van der Waals surface area contributed by atoms with E-state index in [1.807, 2.05) is 12.3 Å². The van der Waals surface area contributed by atoms with Crippen molar-refractivity contribution in [2.45, 2.75) is 18.9 Å². The molecule has 3 rings (SSSR count). The van der Waals surface area contributed by atoms with Gasteiger partial charge in [-0.1, -0.05) is 12.1 Å². The van der Waals surface area contributed by atoms with Crippen LogP contribution in [0.3, 0.4) is 0 Å². The van der Waals surface area contributed by atoms with Crippen molar-refractivity contribution in [2.75, 3.05) is 0 Å². The van der Waals surface area contributed by atoms with Gasteiger partial charge in [-0.25, -0.2) is 0 Å². The van der Waals surface area contributed by atoms with Crippen LogP contribution in [0.1, 0.15) is 24.4 Å². The predicted octanol–water partition coefficient (Wildman–Crippen LogP) is 2.64. The number of nitrogens with zero attached hydrogens (tertiary/aromatic N) is 1. The molecule has 0 saturated heterocycles. The minimum Gasteiger partial charge on any atom is -0.324 e. The largest absolute Gasteiger partial charge is 0.324 e. The summed E-state index contributed by atoms with van der Waals surface area (Å²) in [6, 6.07) is 10.6. The van der Waals surface area contributed by atoms with Gasteiger partial charge in [0.05, 0.1) is 5.52 Å². The summed E-state index contributed by atoms with van der Waals surface area (Å²) in [4.78, 5) is 4.30. The summed E-state index contributed by atoms with van der Waals surface area (Å²) in [7, 11) is 0. The lowest BCUT2D eigenvalue weighted by Gasteiger charge is -2.11. The summed E-state index contributed by atoms with van der Waals surface area (Å²) in [5, 5.41) is 1.19. The highest BCUT2D eigenvalue weighted by Gasteiger charge is 2.29. The van der Waals surface area contributed by atoms with Gasteiger partial charge in [0.1, 0.15) is 0 Å². The number of fused-ring (bicyclic) bond motifs is 1. The number of rotatable bonds is 2. The third-order valence-electron chi connectivity index (χ3n) is 3.14. The van der Waals surface area contributed by atoms with Crippen molar-refractivity contribution in [1.29, 1.82) is 0 Å². The van der Waals surface area contributed by atoms with Gasteiger partial charge in [-0.2, -0.15) is 0 Å². The zero-order chi connectivity index (χ0) is 10.3. The zero-order valence-electron chi connectivity index (χ0n) is 8.56. The molecule has 0 unspecified atom stereocenters. The highest BCUT2D eigenvalue weighted by atomic mass is 14.7. The third kappa shape index (κ3) is 1.61. The maximum Gasteiger partial charge on any atom is 0.0702 e. The number of benzene rings is 1. The fraction of sp³-hybridized carbons (Fsp3) is 0.308. The van der Waals surface area contributed by atoms with Crippen molar-refractivity contribution in [3.8, 4) is 0 Å². The molecule has 1 fully saturated rings. The second-order valence-corrected chi connectivity index (χ2v) is 4.32. The maximum absolute atomic E-state index is 6.17. The van der Waals surface area contributed by atoms with Gasteiger partial charge in [0.2, 0.25) is 0 Å². The van der Waals surface area contributed by atoms with Gasteiger partial charge < -0.3 is 5.73 Å². The molecule has 2 nitrogen and oxygen atoms in total. The second-order valence-electron chi connectivity index (χ2n) is 4.32. The Labute approximate surface area is 89.1 Å². The van der Waals surface area contributed by atoms with Crippen molar-refractivity contribution < 1.29 is 0 Å². The molecule has 0 radical (unpaired) electrons. The lowest BCUT2D eigenvalue weighted by Crippen LogP contribution is -2.12. The van der Waals surface area contributed by atoms with E-state index in [0.717, 1.165) is 5.52 Å². The summed E-state index contributed by atoms with van der Waals surface area (Å²) in [6.07, 6.45) is 4.39. The van der Waals surface area contributed by atoms with Gasteiger partial charge in [-0.3, -0.25) is 4.98 Å². The van der Waals surface area contributed by atoms with Crippen LogP contribution in [-0.2, 0) is 0 Å². The number of aromatic nitrogens is 1. The molecular weight excluding hydrogens is 184 g/mol. The van der Waals surface area contributed by atoms with E-state index >= 15 is 0 Å². The van der Waals surface area contributed by atoms with Crippen molar-refractivity contribution in [3.05, 3.63) is 42.1 Å². The molecule has 1 aromatic heterocycles. The van der Waals surface area contributed by atoms with Crippen LogP contribution in [0.25, 0.3) is 10.9 Å². The van der Waals surface area contributed by atoms with E-state index in [2.05, 4.69) is 29.2 Å². The molecule has 2 heteroatoms.